The summed E-state index contributed by atoms with van der Waals surface area (Å²) in [7, 11) is 2.12. The lowest BCUT2D eigenvalue weighted by molar-refractivity contribution is 0.106. The smallest absolute Gasteiger partial charge is 0.0743 e. The molecular weight excluding hydrogens is 260 g/mol. The van der Waals surface area contributed by atoms with Crippen molar-refractivity contribution in [2.75, 3.05) is 18.5 Å². The third-order valence-electron chi connectivity index (χ3n) is 4.59. The number of nitrogens with zero attached hydrogens (tertiary/aromatic N) is 1. The highest BCUT2D eigenvalue weighted by Crippen LogP contribution is 2.29. The molecule has 3 heteroatoms. The molecule has 1 fully saturated rings. The number of aliphatic hydroxyl groups is 1. The van der Waals surface area contributed by atoms with E-state index in [2.05, 4.69) is 49.3 Å². The van der Waals surface area contributed by atoms with E-state index >= 15 is 0 Å². The second-order valence-corrected chi connectivity index (χ2v) is 6.33. The summed E-state index contributed by atoms with van der Waals surface area (Å²) in [6, 6.07) is 6.95. The molecule has 0 radical (unpaired) electrons. The summed E-state index contributed by atoms with van der Waals surface area (Å²) >= 11 is 0. The highest BCUT2D eigenvalue weighted by molar-refractivity contribution is 5.55. The number of likely N-dealkylation sites (N-methyl/N-ethyl adjacent to an activating group) is 1. The maximum Gasteiger partial charge on any atom is 0.0743 e. The fourth-order valence-corrected chi connectivity index (χ4v) is 3.35. The Kier molecular flexibility index (Phi) is 6.07. The van der Waals surface area contributed by atoms with E-state index in [4.69, 9.17) is 0 Å². The van der Waals surface area contributed by atoms with Crippen LogP contribution in [-0.4, -0.2) is 30.8 Å². The summed E-state index contributed by atoms with van der Waals surface area (Å²) in [5, 5.41) is 13.7. The van der Waals surface area contributed by atoms with Crippen molar-refractivity contribution in [3.63, 3.8) is 0 Å². The van der Waals surface area contributed by atoms with Gasteiger partial charge in [-0.05, 0) is 49.9 Å². The lowest BCUT2D eigenvalue weighted by Crippen LogP contribution is -2.43. The second-order valence-electron chi connectivity index (χ2n) is 6.33. The first kappa shape index (κ1) is 16.3. The fraction of sp³-hybridized carbons (Fsp3) is 0.667. The number of aliphatic hydroxyl groups excluding tert-OH is 1. The van der Waals surface area contributed by atoms with Gasteiger partial charge in [-0.3, -0.25) is 0 Å². The van der Waals surface area contributed by atoms with Gasteiger partial charge in [0.25, 0.3) is 0 Å². The predicted octanol–water partition coefficient (Wildman–Crippen LogP) is 3.23. The molecule has 0 bridgehead atoms. The maximum atomic E-state index is 10.2. The molecule has 1 aliphatic carbocycles. The van der Waals surface area contributed by atoms with E-state index in [0.717, 1.165) is 32.4 Å². The zero-order chi connectivity index (χ0) is 15.2. The average molecular weight is 290 g/mol. The first-order chi connectivity index (χ1) is 10.1. The highest BCUT2D eigenvalue weighted by atomic mass is 16.3. The minimum absolute atomic E-state index is 0.186. The van der Waals surface area contributed by atoms with Crippen LogP contribution in [0.1, 0.15) is 50.2 Å². The van der Waals surface area contributed by atoms with Gasteiger partial charge in [-0.15, -0.1) is 0 Å². The predicted molar refractivity (Wildman–Crippen MR) is 89.8 cm³/mol. The molecule has 1 saturated carbocycles. The number of aryl methyl sites for hydroxylation is 1. The molecule has 3 nitrogen and oxygen atoms in total. The molecule has 21 heavy (non-hydrogen) atoms. The van der Waals surface area contributed by atoms with Gasteiger partial charge in [-0.2, -0.15) is 0 Å². The van der Waals surface area contributed by atoms with Crippen LogP contribution in [0.5, 0.6) is 0 Å². The minimum atomic E-state index is -0.186. The van der Waals surface area contributed by atoms with E-state index in [1.54, 1.807) is 0 Å². The van der Waals surface area contributed by atoms with Crippen LogP contribution in [0.3, 0.4) is 0 Å². The minimum Gasteiger partial charge on any atom is -0.391 e. The molecule has 2 unspecified atom stereocenters. The third-order valence-corrected chi connectivity index (χ3v) is 4.59. The zero-order valence-electron chi connectivity index (χ0n) is 13.7. The third kappa shape index (κ3) is 4.21. The van der Waals surface area contributed by atoms with Gasteiger partial charge in [0.15, 0.2) is 0 Å². The number of benzene rings is 1. The van der Waals surface area contributed by atoms with Crippen LogP contribution >= 0.6 is 0 Å². The molecule has 2 atom stereocenters. The van der Waals surface area contributed by atoms with Crippen LogP contribution < -0.4 is 10.2 Å². The molecule has 0 spiro atoms. The molecule has 0 amide bonds. The van der Waals surface area contributed by atoms with Crippen LogP contribution in [0.15, 0.2) is 18.2 Å². The van der Waals surface area contributed by atoms with E-state index in [-0.39, 0.29) is 12.1 Å². The van der Waals surface area contributed by atoms with Crippen molar-refractivity contribution in [1.82, 2.24) is 5.32 Å². The Morgan fingerprint density at radius 2 is 2.05 bits per heavy atom. The highest BCUT2D eigenvalue weighted by Gasteiger charge is 2.27. The van der Waals surface area contributed by atoms with Crippen LogP contribution in [0.2, 0.25) is 0 Å². The Balaban J connectivity index is 2.05. The number of rotatable bonds is 6. The molecule has 118 valence electrons. The Hall–Kier alpha value is -1.06. The summed E-state index contributed by atoms with van der Waals surface area (Å²) < 4.78 is 0. The zero-order valence-corrected chi connectivity index (χ0v) is 13.7. The number of hydrogen-bond acceptors (Lipinski definition) is 3. The number of anilines is 1. The summed E-state index contributed by atoms with van der Waals surface area (Å²) in [5.41, 5.74) is 3.88. The van der Waals surface area contributed by atoms with Crippen LogP contribution in [0.4, 0.5) is 5.69 Å². The van der Waals surface area contributed by atoms with Crippen molar-refractivity contribution < 1.29 is 5.11 Å². The maximum absolute atomic E-state index is 10.2. The van der Waals surface area contributed by atoms with Crippen LogP contribution in [-0.2, 0) is 6.54 Å². The average Bonchev–Trinajstić information content (AvgIpc) is 2.47. The Labute approximate surface area is 129 Å². The van der Waals surface area contributed by atoms with Crippen molar-refractivity contribution in [1.29, 1.82) is 0 Å². The lowest BCUT2D eigenvalue weighted by atomic mass is 9.91. The van der Waals surface area contributed by atoms with Gasteiger partial charge in [-0.1, -0.05) is 31.9 Å². The Bertz CT molecular complexity index is 447. The summed E-state index contributed by atoms with van der Waals surface area (Å²) in [6.07, 6.45) is 5.40. The van der Waals surface area contributed by atoms with Gasteiger partial charge in [-0.25, -0.2) is 0 Å². The first-order valence-electron chi connectivity index (χ1n) is 8.34. The van der Waals surface area contributed by atoms with E-state index in [1.807, 2.05) is 0 Å². The molecule has 0 saturated heterocycles. The largest absolute Gasteiger partial charge is 0.391 e. The summed E-state index contributed by atoms with van der Waals surface area (Å²) in [4.78, 5) is 2.28. The van der Waals surface area contributed by atoms with Crippen molar-refractivity contribution in [2.45, 2.75) is 64.6 Å². The molecule has 1 aliphatic rings. The van der Waals surface area contributed by atoms with Crippen LogP contribution in [0, 0.1) is 6.92 Å². The van der Waals surface area contributed by atoms with Crippen molar-refractivity contribution >= 4 is 5.69 Å². The first-order valence-corrected chi connectivity index (χ1v) is 8.34. The lowest BCUT2D eigenvalue weighted by Gasteiger charge is -2.37. The standard InChI is InChI=1S/C18H30N2O/c1-4-11-19-13-15-9-10-16(14(2)12-15)20(3)17-7-5-6-8-18(17)21/h9-10,12,17-19,21H,4-8,11,13H2,1-3H3. The molecule has 0 aromatic heterocycles. The molecule has 0 aliphatic heterocycles. The topological polar surface area (TPSA) is 35.5 Å². The summed E-state index contributed by atoms with van der Waals surface area (Å²) in [6.45, 7) is 6.36. The molecular formula is C18H30N2O. The van der Waals surface area contributed by atoms with Gasteiger partial charge >= 0.3 is 0 Å². The van der Waals surface area contributed by atoms with Gasteiger partial charge in [0.2, 0.25) is 0 Å². The molecule has 1 aromatic carbocycles. The van der Waals surface area contributed by atoms with E-state index in [9.17, 15) is 5.11 Å². The number of hydrogen-bond donors (Lipinski definition) is 2. The summed E-state index contributed by atoms with van der Waals surface area (Å²) in [5.74, 6) is 0. The van der Waals surface area contributed by atoms with E-state index in [1.165, 1.54) is 29.7 Å². The SMILES string of the molecule is CCCNCc1ccc(N(C)C2CCCCC2O)c(C)c1. The molecule has 1 aromatic rings. The monoisotopic (exact) mass is 290 g/mol. The van der Waals surface area contributed by atoms with Crippen molar-refractivity contribution in [3.05, 3.63) is 29.3 Å². The molecule has 2 rings (SSSR count). The Morgan fingerprint density at radius 3 is 2.71 bits per heavy atom. The quantitative estimate of drug-likeness (QED) is 0.790. The second kappa shape index (κ2) is 7.81. The van der Waals surface area contributed by atoms with Crippen LogP contribution in [0.25, 0.3) is 0 Å². The fourth-order valence-electron chi connectivity index (χ4n) is 3.35. The molecule has 0 heterocycles. The van der Waals surface area contributed by atoms with Gasteiger partial charge < -0.3 is 15.3 Å². The Morgan fingerprint density at radius 1 is 1.29 bits per heavy atom. The van der Waals surface area contributed by atoms with Crippen molar-refractivity contribution in [3.8, 4) is 0 Å². The number of nitrogens with one attached hydrogen (secondary N) is 1. The van der Waals surface area contributed by atoms with Gasteiger partial charge in [0, 0.05) is 19.3 Å². The van der Waals surface area contributed by atoms with Gasteiger partial charge in [0.1, 0.15) is 0 Å². The normalized spacial score (nSPS) is 22.3. The molecule has 2 N–H and O–H groups in total. The van der Waals surface area contributed by atoms with E-state index in [0.29, 0.717) is 0 Å². The van der Waals surface area contributed by atoms with Gasteiger partial charge in [0.05, 0.1) is 12.1 Å². The van der Waals surface area contributed by atoms with Crippen molar-refractivity contribution in [2.24, 2.45) is 0 Å². The van der Waals surface area contributed by atoms with E-state index < -0.39 is 0 Å².